The van der Waals surface area contributed by atoms with Gasteiger partial charge in [-0.3, -0.25) is 10.1 Å². The molecule has 0 aliphatic rings. The molecule has 0 bridgehead atoms. The number of hydrogen-bond donors (Lipinski definition) is 1. The van der Waals surface area contributed by atoms with Gasteiger partial charge >= 0.3 is 0 Å². The lowest BCUT2D eigenvalue weighted by atomic mass is 10.2. The minimum Gasteiger partial charge on any atom is -0.312 e. The van der Waals surface area contributed by atoms with Crippen LogP contribution in [0.4, 0.5) is 5.69 Å². The number of rotatable bonds is 6. The first kappa shape index (κ1) is 13.7. The van der Waals surface area contributed by atoms with Crippen molar-refractivity contribution in [1.82, 2.24) is 5.32 Å². The first-order valence-electron chi connectivity index (χ1n) is 5.22. The van der Waals surface area contributed by atoms with Crippen molar-refractivity contribution in [2.75, 3.05) is 6.54 Å². The van der Waals surface area contributed by atoms with Crippen LogP contribution >= 0.6 is 15.9 Å². The third kappa shape index (κ3) is 4.55. The van der Waals surface area contributed by atoms with E-state index in [2.05, 4.69) is 27.2 Å². The number of unbranched alkanes of at least 4 members (excludes halogenated alkanes) is 1. The van der Waals surface area contributed by atoms with Gasteiger partial charge in [0.05, 0.1) is 4.92 Å². The Hall–Kier alpha value is -1.38. The molecule has 0 radical (unpaired) electrons. The number of halogens is 1. The molecule has 0 heterocycles. The van der Waals surface area contributed by atoms with Gasteiger partial charge in [0.25, 0.3) is 5.69 Å². The van der Waals surface area contributed by atoms with E-state index in [4.69, 9.17) is 6.42 Å². The van der Waals surface area contributed by atoms with Gasteiger partial charge in [0, 0.05) is 29.1 Å². The van der Waals surface area contributed by atoms with Crippen molar-refractivity contribution < 1.29 is 4.92 Å². The maximum atomic E-state index is 10.8. The average Bonchev–Trinajstić information content (AvgIpc) is 2.30. The normalized spacial score (nSPS) is 9.88. The molecule has 1 N–H and O–H groups in total. The van der Waals surface area contributed by atoms with Crippen LogP contribution in [0.5, 0.6) is 0 Å². The van der Waals surface area contributed by atoms with Crippen molar-refractivity contribution in [2.45, 2.75) is 19.4 Å². The molecule has 0 aliphatic heterocycles. The Morgan fingerprint density at radius 2 is 2.29 bits per heavy atom. The van der Waals surface area contributed by atoms with Crippen LogP contribution in [0.2, 0.25) is 0 Å². The van der Waals surface area contributed by atoms with Crippen LogP contribution in [0, 0.1) is 22.5 Å². The first-order chi connectivity index (χ1) is 8.15. The molecular formula is C12H13BrN2O2. The highest BCUT2D eigenvalue weighted by molar-refractivity contribution is 9.10. The maximum absolute atomic E-state index is 10.8. The molecule has 17 heavy (non-hydrogen) atoms. The van der Waals surface area contributed by atoms with Crippen LogP contribution in [0.15, 0.2) is 22.7 Å². The fourth-order valence-electron chi connectivity index (χ4n) is 1.39. The minimum atomic E-state index is -0.372. The monoisotopic (exact) mass is 296 g/mol. The van der Waals surface area contributed by atoms with Gasteiger partial charge in [0.2, 0.25) is 0 Å². The number of nitro benzene ring substituents is 1. The van der Waals surface area contributed by atoms with Crippen molar-refractivity contribution in [3.05, 3.63) is 38.3 Å². The zero-order chi connectivity index (χ0) is 12.7. The summed E-state index contributed by atoms with van der Waals surface area (Å²) in [6.45, 7) is 1.24. The van der Waals surface area contributed by atoms with Gasteiger partial charge in [-0.2, -0.15) is 0 Å². The second kappa shape index (κ2) is 7.05. The van der Waals surface area contributed by atoms with Crippen molar-refractivity contribution in [3.8, 4) is 12.3 Å². The summed E-state index contributed by atoms with van der Waals surface area (Å²) in [6.07, 6.45) is 6.72. The fourth-order valence-corrected chi connectivity index (χ4v) is 1.74. The second-order valence-electron chi connectivity index (χ2n) is 3.51. The summed E-state index contributed by atoms with van der Waals surface area (Å²) in [5.74, 6) is 2.55. The smallest absolute Gasteiger partial charge is 0.275 e. The lowest BCUT2D eigenvalue weighted by Gasteiger charge is -2.05. The highest BCUT2D eigenvalue weighted by atomic mass is 79.9. The van der Waals surface area contributed by atoms with E-state index in [0.717, 1.165) is 19.4 Å². The van der Waals surface area contributed by atoms with Crippen LogP contribution in [-0.4, -0.2) is 11.5 Å². The van der Waals surface area contributed by atoms with Crippen molar-refractivity contribution in [2.24, 2.45) is 0 Å². The van der Waals surface area contributed by atoms with Crippen LogP contribution in [0.25, 0.3) is 0 Å². The Morgan fingerprint density at radius 3 is 2.94 bits per heavy atom. The molecular weight excluding hydrogens is 284 g/mol. The lowest BCUT2D eigenvalue weighted by Crippen LogP contribution is -2.15. The Balaban J connectivity index is 2.59. The van der Waals surface area contributed by atoms with E-state index < -0.39 is 0 Å². The SMILES string of the molecule is C#CCCCNCc1ccc(Br)cc1[N+](=O)[O-]. The molecule has 90 valence electrons. The number of benzene rings is 1. The third-order valence-corrected chi connectivity index (χ3v) is 2.73. The third-order valence-electron chi connectivity index (χ3n) is 2.23. The van der Waals surface area contributed by atoms with E-state index in [1.54, 1.807) is 12.1 Å². The van der Waals surface area contributed by atoms with Gasteiger partial charge in [0.1, 0.15) is 0 Å². The summed E-state index contributed by atoms with van der Waals surface area (Å²) in [4.78, 5) is 10.5. The van der Waals surface area contributed by atoms with Crippen LogP contribution in [0.1, 0.15) is 18.4 Å². The van der Waals surface area contributed by atoms with E-state index in [-0.39, 0.29) is 10.6 Å². The topological polar surface area (TPSA) is 55.2 Å². The summed E-state index contributed by atoms with van der Waals surface area (Å²) < 4.78 is 0.709. The van der Waals surface area contributed by atoms with Gasteiger partial charge in [-0.25, -0.2) is 0 Å². The van der Waals surface area contributed by atoms with Crippen LogP contribution < -0.4 is 5.32 Å². The molecule has 1 aromatic carbocycles. The van der Waals surface area contributed by atoms with Gasteiger partial charge in [0.15, 0.2) is 0 Å². The van der Waals surface area contributed by atoms with E-state index in [9.17, 15) is 10.1 Å². The van der Waals surface area contributed by atoms with E-state index in [1.165, 1.54) is 6.07 Å². The van der Waals surface area contributed by atoms with E-state index >= 15 is 0 Å². The summed E-state index contributed by atoms with van der Waals surface area (Å²) in [5, 5.41) is 14.0. The number of nitrogens with zero attached hydrogens (tertiary/aromatic N) is 1. The molecule has 4 nitrogen and oxygen atoms in total. The molecule has 5 heteroatoms. The predicted octanol–water partition coefficient (Wildman–Crippen LogP) is 2.86. The molecule has 1 rings (SSSR count). The van der Waals surface area contributed by atoms with Gasteiger partial charge in [-0.05, 0) is 25.1 Å². The van der Waals surface area contributed by atoms with Crippen molar-refractivity contribution >= 4 is 21.6 Å². The molecule has 0 amide bonds. The number of nitro groups is 1. The average molecular weight is 297 g/mol. The number of nitrogens with one attached hydrogen (secondary N) is 1. The van der Waals surface area contributed by atoms with Crippen molar-refractivity contribution in [1.29, 1.82) is 0 Å². The van der Waals surface area contributed by atoms with Gasteiger partial charge in [-0.1, -0.05) is 15.9 Å². The summed E-state index contributed by atoms with van der Waals surface area (Å²) >= 11 is 3.22. The van der Waals surface area contributed by atoms with Crippen molar-refractivity contribution in [3.63, 3.8) is 0 Å². The largest absolute Gasteiger partial charge is 0.312 e. The van der Waals surface area contributed by atoms with E-state index in [0.29, 0.717) is 16.6 Å². The molecule has 0 aromatic heterocycles. The quantitative estimate of drug-likeness (QED) is 0.380. The number of hydrogen-bond acceptors (Lipinski definition) is 3. The number of terminal acetylenes is 1. The summed E-state index contributed by atoms with van der Waals surface area (Å²) in [7, 11) is 0. The minimum absolute atomic E-state index is 0.129. The lowest BCUT2D eigenvalue weighted by molar-refractivity contribution is -0.385. The summed E-state index contributed by atoms with van der Waals surface area (Å²) in [6, 6.07) is 5.06. The first-order valence-corrected chi connectivity index (χ1v) is 6.01. The molecule has 1 aromatic rings. The Bertz CT molecular complexity index is 441. The zero-order valence-electron chi connectivity index (χ0n) is 9.28. The Labute approximate surface area is 109 Å². The fraction of sp³-hybridized carbons (Fsp3) is 0.333. The molecule has 0 fully saturated rings. The highest BCUT2D eigenvalue weighted by Gasteiger charge is 2.13. The predicted molar refractivity (Wildman–Crippen MR) is 70.6 cm³/mol. The highest BCUT2D eigenvalue weighted by Crippen LogP contribution is 2.23. The van der Waals surface area contributed by atoms with Crippen LogP contribution in [0.3, 0.4) is 0 Å². The molecule has 0 atom stereocenters. The van der Waals surface area contributed by atoms with Crippen LogP contribution in [-0.2, 0) is 6.54 Å². The molecule has 0 unspecified atom stereocenters. The molecule has 0 aliphatic carbocycles. The maximum Gasteiger partial charge on any atom is 0.275 e. The molecule has 0 saturated carbocycles. The Kier molecular flexibility index (Phi) is 5.67. The Morgan fingerprint density at radius 1 is 1.53 bits per heavy atom. The molecule has 0 saturated heterocycles. The standard InChI is InChI=1S/C12H13BrN2O2/c1-2-3-4-7-14-9-10-5-6-11(13)8-12(10)15(16)17/h1,5-6,8,14H,3-4,7,9H2. The van der Waals surface area contributed by atoms with Gasteiger partial charge < -0.3 is 5.32 Å². The molecule has 0 spiro atoms. The zero-order valence-corrected chi connectivity index (χ0v) is 10.9. The summed E-state index contributed by atoms with van der Waals surface area (Å²) in [5.41, 5.74) is 0.808. The second-order valence-corrected chi connectivity index (χ2v) is 4.43. The van der Waals surface area contributed by atoms with E-state index in [1.807, 2.05) is 0 Å². The van der Waals surface area contributed by atoms with Gasteiger partial charge in [-0.15, -0.1) is 12.3 Å².